The molecule has 0 bridgehead atoms. The van der Waals surface area contributed by atoms with Crippen molar-refractivity contribution in [3.05, 3.63) is 65.9 Å². The van der Waals surface area contributed by atoms with Gasteiger partial charge in [-0.3, -0.25) is 14.7 Å². The Balaban J connectivity index is 1.76. The molecule has 23 heavy (non-hydrogen) atoms. The van der Waals surface area contributed by atoms with E-state index in [1.165, 1.54) is 0 Å². The molecule has 0 aliphatic carbocycles. The Morgan fingerprint density at radius 3 is 2.52 bits per heavy atom. The summed E-state index contributed by atoms with van der Waals surface area (Å²) in [5.41, 5.74) is 1.67. The number of aromatic nitrogens is 2. The van der Waals surface area contributed by atoms with Crippen molar-refractivity contribution >= 4 is 22.8 Å². The summed E-state index contributed by atoms with van der Waals surface area (Å²) >= 11 is 0. The van der Waals surface area contributed by atoms with E-state index < -0.39 is 17.8 Å². The summed E-state index contributed by atoms with van der Waals surface area (Å²) in [6, 6.07) is 16.1. The van der Waals surface area contributed by atoms with Crippen LogP contribution in [0.4, 0.5) is 0 Å². The van der Waals surface area contributed by atoms with Gasteiger partial charge in [0.2, 0.25) is 0 Å². The fourth-order valence-electron chi connectivity index (χ4n) is 2.45. The second-order valence-electron chi connectivity index (χ2n) is 5.13. The van der Waals surface area contributed by atoms with Crippen molar-refractivity contribution in [3.63, 3.8) is 0 Å². The Labute approximate surface area is 132 Å². The molecule has 0 radical (unpaired) electrons. The number of carboxylic acids is 1. The third-order valence-corrected chi connectivity index (χ3v) is 3.65. The number of aromatic amines is 1. The number of carbonyl (C=O) groups excluding carboxylic acids is 1. The second-order valence-corrected chi connectivity index (χ2v) is 5.13. The van der Waals surface area contributed by atoms with E-state index in [0.29, 0.717) is 10.9 Å². The third kappa shape index (κ3) is 3.06. The minimum atomic E-state index is -0.983. The number of hydrogen-bond donors (Lipinski definition) is 3. The van der Waals surface area contributed by atoms with E-state index in [4.69, 9.17) is 0 Å². The number of carbonyl (C=O) groups is 2. The van der Waals surface area contributed by atoms with Crippen LogP contribution in [0.25, 0.3) is 10.9 Å². The Kier molecular flexibility index (Phi) is 4.05. The standard InChI is InChI=1S/C17H15N3O3/c21-16(15-12-8-4-5-9-14(12)19-20-15)18-10-13(17(22)23)11-6-2-1-3-7-11/h1-9,13H,10H2,(H,18,21)(H,19,20)(H,22,23). The largest absolute Gasteiger partial charge is 0.481 e. The van der Waals surface area contributed by atoms with E-state index in [1.54, 1.807) is 30.3 Å². The number of hydrogen-bond acceptors (Lipinski definition) is 3. The first kappa shape index (κ1) is 14.8. The van der Waals surface area contributed by atoms with Crippen molar-refractivity contribution in [1.82, 2.24) is 15.5 Å². The normalized spacial score (nSPS) is 12.0. The average molecular weight is 309 g/mol. The quantitative estimate of drug-likeness (QED) is 0.673. The molecule has 3 rings (SSSR count). The lowest BCUT2D eigenvalue weighted by atomic mass is 9.99. The first-order chi connectivity index (χ1) is 11.2. The van der Waals surface area contributed by atoms with Crippen LogP contribution in [0.15, 0.2) is 54.6 Å². The van der Waals surface area contributed by atoms with Crippen LogP contribution in [0, 0.1) is 0 Å². The zero-order chi connectivity index (χ0) is 16.2. The van der Waals surface area contributed by atoms with Crippen molar-refractivity contribution in [2.45, 2.75) is 5.92 Å². The molecule has 0 spiro atoms. The monoisotopic (exact) mass is 309 g/mol. The van der Waals surface area contributed by atoms with Crippen LogP contribution in [0.3, 0.4) is 0 Å². The molecule has 0 aliphatic heterocycles. The predicted molar refractivity (Wildman–Crippen MR) is 85.2 cm³/mol. The number of nitrogens with zero attached hydrogens (tertiary/aromatic N) is 1. The van der Waals surface area contributed by atoms with Gasteiger partial charge in [-0.1, -0.05) is 48.5 Å². The fraction of sp³-hybridized carbons (Fsp3) is 0.118. The lowest BCUT2D eigenvalue weighted by molar-refractivity contribution is -0.138. The van der Waals surface area contributed by atoms with E-state index in [0.717, 1.165) is 5.52 Å². The molecule has 1 heterocycles. The molecule has 0 fully saturated rings. The Hall–Kier alpha value is -3.15. The van der Waals surface area contributed by atoms with Crippen molar-refractivity contribution in [1.29, 1.82) is 0 Å². The number of aliphatic carboxylic acids is 1. The molecule has 2 aromatic carbocycles. The average Bonchev–Trinajstić information content (AvgIpc) is 2.99. The molecule has 6 nitrogen and oxygen atoms in total. The van der Waals surface area contributed by atoms with E-state index in [-0.39, 0.29) is 12.2 Å². The summed E-state index contributed by atoms with van der Waals surface area (Å²) in [6.07, 6.45) is 0. The number of carboxylic acid groups (broad SMARTS) is 1. The molecule has 1 aromatic heterocycles. The fourth-order valence-corrected chi connectivity index (χ4v) is 2.45. The van der Waals surface area contributed by atoms with Gasteiger partial charge in [0.25, 0.3) is 5.91 Å². The Morgan fingerprint density at radius 2 is 1.78 bits per heavy atom. The topological polar surface area (TPSA) is 95.1 Å². The maximum atomic E-state index is 12.3. The lowest BCUT2D eigenvalue weighted by Crippen LogP contribution is -2.32. The number of amides is 1. The molecule has 116 valence electrons. The maximum Gasteiger partial charge on any atom is 0.312 e. The summed E-state index contributed by atoms with van der Waals surface area (Å²) in [7, 11) is 0. The number of rotatable bonds is 5. The molecule has 1 unspecified atom stereocenters. The highest BCUT2D eigenvalue weighted by Gasteiger charge is 2.22. The predicted octanol–water partition coefficient (Wildman–Crippen LogP) is 2.16. The zero-order valence-corrected chi connectivity index (χ0v) is 12.2. The van der Waals surface area contributed by atoms with Crippen LogP contribution in [-0.4, -0.2) is 33.7 Å². The number of benzene rings is 2. The van der Waals surface area contributed by atoms with E-state index in [2.05, 4.69) is 15.5 Å². The van der Waals surface area contributed by atoms with Crippen LogP contribution < -0.4 is 5.32 Å². The first-order valence-corrected chi connectivity index (χ1v) is 7.16. The molecule has 3 aromatic rings. The molecule has 0 aliphatic rings. The highest BCUT2D eigenvalue weighted by Crippen LogP contribution is 2.17. The van der Waals surface area contributed by atoms with Crippen LogP contribution in [0.5, 0.6) is 0 Å². The zero-order valence-electron chi connectivity index (χ0n) is 12.2. The van der Waals surface area contributed by atoms with Gasteiger partial charge in [0.15, 0.2) is 5.69 Å². The van der Waals surface area contributed by atoms with Crippen LogP contribution in [-0.2, 0) is 4.79 Å². The summed E-state index contributed by atoms with van der Waals surface area (Å²) in [4.78, 5) is 23.7. The Morgan fingerprint density at radius 1 is 1.09 bits per heavy atom. The number of para-hydroxylation sites is 1. The van der Waals surface area contributed by atoms with Gasteiger partial charge < -0.3 is 10.4 Å². The lowest BCUT2D eigenvalue weighted by Gasteiger charge is -2.13. The van der Waals surface area contributed by atoms with Gasteiger partial charge >= 0.3 is 5.97 Å². The van der Waals surface area contributed by atoms with Crippen molar-refractivity contribution in [2.75, 3.05) is 6.54 Å². The van der Waals surface area contributed by atoms with Crippen molar-refractivity contribution in [2.24, 2.45) is 0 Å². The number of H-pyrrole nitrogens is 1. The van der Waals surface area contributed by atoms with Gasteiger partial charge in [0.05, 0.1) is 11.4 Å². The van der Waals surface area contributed by atoms with Gasteiger partial charge in [-0.05, 0) is 11.6 Å². The first-order valence-electron chi connectivity index (χ1n) is 7.16. The number of nitrogens with one attached hydrogen (secondary N) is 2. The van der Waals surface area contributed by atoms with Crippen LogP contribution in [0.1, 0.15) is 22.0 Å². The van der Waals surface area contributed by atoms with Gasteiger partial charge in [0.1, 0.15) is 0 Å². The second kappa shape index (κ2) is 6.31. The summed E-state index contributed by atoms with van der Waals surface area (Å²) in [5.74, 6) is -2.18. The molecular formula is C17H15N3O3. The smallest absolute Gasteiger partial charge is 0.312 e. The van der Waals surface area contributed by atoms with Gasteiger partial charge in [-0.25, -0.2) is 0 Å². The summed E-state index contributed by atoms with van der Waals surface area (Å²) in [6.45, 7) is -0.000628. The molecule has 0 saturated heterocycles. The molecule has 3 N–H and O–H groups in total. The highest BCUT2D eigenvalue weighted by atomic mass is 16.4. The summed E-state index contributed by atoms with van der Waals surface area (Å²) in [5, 5.41) is 19.5. The molecule has 0 saturated carbocycles. The van der Waals surface area contributed by atoms with Gasteiger partial charge in [-0.15, -0.1) is 0 Å². The van der Waals surface area contributed by atoms with E-state index >= 15 is 0 Å². The van der Waals surface area contributed by atoms with Crippen LogP contribution in [0.2, 0.25) is 0 Å². The molecule has 6 heteroatoms. The minimum absolute atomic E-state index is 0.000628. The Bertz CT molecular complexity index is 842. The number of fused-ring (bicyclic) bond motifs is 1. The van der Waals surface area contributed by atoms with E-state index in [9.17, 15) is 14.7 Å². The highest BCUT2D eigenvalue weighted by molar-refractivity contribution is 6.04. The van der Waals surface area contributed by atoms with Gasteiger partial charge in [0, 0.05) is 11.9 Å². The van der Waals surface area contributed by atoms with E-state index in [1.807, 2.05) is 24.3 Å². The minimum Gasteiger partial charge on any atom is -0.481 e. The third-order valence-electron chi connectivity index (χ3n) is 3.65. The van der Waals surface area contributed by atoms with Crippen molar-refractivity contribution < 1.29 is 14.7 Å². The molecule has 1 atom stereocenters. The van der Waals surface area contributed by atoms with Gasteiger partial charge in [-0.2, -0.15) is 5.10 Å². The maximum absolute atomic E-state index is 12.3. The van der Waals surface area contributed by atoms with Crippen LogP contribution >= 0.6 is 0 Å². The SMILES string of the molecule is O=C(NCC(C(=O)O)c1ccccc1)c1n[nH]c2ccccc12. The molecule has 1 amide bonds. The molecular weight excluding hydrogens is 294 g/mol. The van der Waals surface area contributed by atoms with Crippen molar-refractivity contribution in [3.8, 4) is 0 Å². The summed E-state index contributed by atoms with van der Waals surface area (Å²) < 4.78 is 0.